The Balaban J connectivity index is 1.95. The van der Waals surface area contributed by atoms with E-state index in [1.807, 2.05) is 0 Å². The third-order valence-corrected chi connectivity index (χ3v) is 13.1. The van der Waals surface area contributed by atoms with E-state index in [0.717, 1.165) is 0 Å². The van der Waals surface area contributed by atoms with Crippen LogP contribution in [0.5, 0.6) is 0 Å². The summed E-state index contributed by atoms with van der Waals surface area (Å²) in [5.41, 5.74) is 4.74. The van der Waals surface area contributed by atoms with Gasteiger partial charge >= 0.3 is 6.18 Å². The summed E-state index contributed by atoms with van der Waals surface area (Å²) in [5, 5.41) is 4.39. The highest BCUT2D eigenvalue weighted by Gasteiger charge is 2.42. The van der Waals surface area contributed by atoms with Gasteiger partial charge in [-0.2, -0.15) is 18.3 Å². The number of benzene rings is 1. The van der Waals surface area contributed by atoms with E-state index in [9.17, 15) is 13.2 Å². The highest BCUT2D eigenvalue weighted by atomic mass is 28.3. The Morgan fingerprint density at radius 2 is 1.74 bits per heavy atom. The third-order valence-electron chi connectivity index (χ3n) is 6.81. The molecule has 8 heteroatoms. The molecule has 4 nitrogen and oxygen atoms in total. The van der Waals surface area contributed by atoms with Crippen LogP contribution in [0, 0.1) is 11.5 Å². The minimum absolute atomic E-state index is 0.0534. The topological polar surface area (TPSA) is 36.3 Å². The monoisotopic (exact) mass is 492 g/mol. The van der Waals surface area contributed by atoms with Gasteiger partial charge in [-0.05, 0) is 34.8 Å². The molecule has 2 heterocycles. The zero-order valence-corrected chi connectivity index (χ0v) is 21.9. The molecule has 1 fully saturated rings. The van der Waals surface area contributed by atoms with Crippen molar-refractivity contribution < 1.29 is 22.6 Å². The molecule has 34 heavy (non-hydrogen) atoms. The lowest BCUT2D eigenvalue weighted by atomic mass is 10.0. The first-order valence-electron chi connectivity index (χ1n) is 11.9. The smallest absolute Gasteiger partial charge is 0.376 e. The van der Waals surface area contributed by atoms with E-state index in [2.05, 4.69) is 58.1 Å². The van der Waals surface area contributed by atoms with Crippen molar-refractivity contribution in [2.45, 2.75) is 77.0 Å². The Kier molecular flexibility index (Phi) is 8.33. The molecule has 1 aliphatic heterocycles. The van der Waals surface area contributed by atoms with E-state index < -0.39 is 19.8 Å². The average molecular weight is 493 g/mol. The summed E-state index contributed by atoms with van der Waals surface area (Å²) >= 11 is 0. The molecular weight excluding hydrogens is 457 g/mol. The number of aromatic nitrogens is 2. The highest BCUT2D eigenvalue weighted by molar-refractivity contribution is 6.90. The van der Waals surface area contributed by atoms with Crippen molar-refractivity contribution in [2.75, 3.05) is 19.8 Å². The Labute approximate surface area is 201 Å². The second-order valence-corrected chi connectivity index (χ2v) is 15.5. The largest absolute Gasteiger partial charge is 0.417 e. The number of nitrogens with zero attached hydrogens (tertiary/aromatic N) is 2. The molecule has 186 valence electrons. The van der Waals surface area contributed by atoms with Crippen molar-refractivity contribution in [1.29, 1.82) is 0 Å². The highest BCUT2D eigenvalue weighted by Crippen LogP contribution is 2.41. The van der Waals surface area contributed by atoms with E-state index in [1.54, 1.807) is 23.0 Å². The fourth-order valence-electron chi connectivity index (χ4n) is 5.15. The van der Waals surface area contributed by atoms with Gasteiger partial charge in [0.15, 0.2) is 0 Å². The molecular formula is C26H35F3N2O2Si. The van der Waals surface area contributed by atoms with Crippen LogP contribution >= 0.6 is 0 Å². The molecule has 0 spiro atoms. The lowest BCUT2D eigenvalue weighted by Crippen LogP contribution is -2.43. The van der Waals surface area contributed by atoms with Crippen LogP contribution in [0.3, 0.4) is 0 Å². The molecule has 1 aromatic carbocycles. The molecule has 2 aromatic rings. The molecule has 3 rings (SSSR count). The number of halogens is 3. The molecule has 0 radical (unpaired) electrons. The van der Waals surface area contributed by atoms with Gasteiger partial charge in [-0.1, -0.05) is 53.5 Å². The van der Waals surface area contributed by atoms with Crippen LogP contribution in [0.2, 0.25) is 16.6 Å². The van der Waals surface area contributed by atoms with E-state index >= 15 is 0 Å². The van der Waals surface area contributed by atoms with Crippen molar-refractivity contribution in [3.05, 3.63) is 41.6 Å². The van der Waals surface area contributed by atoms with Gasteiger partial charge in [-0.15, -0.1) is 5.54 Å². The average Bonchev–Trinajstić information content (AvgIpc) is 3.21. The molecule has 1 aliphatic rings. The maximum absolute atomic E-state index is 14.0. The zero-order chi connectivity index (χ0) is 25.1. The van der Waals surface area contributed by atoms with Crippen LogP contribution in [-0.2, 0) is 22.2 Å². The first kappa shape index (κ1) is 26.5. The van der Waals surface area contributed by atoms with Crippen molar-refractivity contribution in [2.24, 2.45) is 0 Å². The van der Waals surface area contributed by atoms with Crippen LogP contribution in [0.4, 0.5) is 13.2 Å². The van der Waals surface area contributed by atoms with Crippen molar-refractivity contribution >= 4 is 8.07 Å². The van der Waals surface area contributed by atoms with Gasteiger partial charge in [0.1, 0.15) is 14.2 Å². The summed E-state index contributed by atoms with van der Waals surface area (Å²) < 4.78 is 54.7. The summed E-state index contributed by atoms with van der Waals surface area (Å²) in [6.07, 6.45) is -3.00. The van der Waals surface area contributed by atoms with Gasteiger partial charge < -0.3 is 9.47 Å². The predicted octanol–water partition coefficient (Wildman–Crippen LogP) is 6.55. The van der Waals surface area contributed by atoms with Crippen molar-refractivity contribution in [1.82, 2.24) is 9.78 Å². The normalized spacial score (nSPS) is 17.4. The lowest BCUT2D eigenvalue weighted by Gasteiger charge is -2.38. The molecule has 1 aromatic heterocycles. The number of hydrogen-bond acceptors (Lipinski definition) is 3. The Morgan fingerprint density at radius 3 is 2.29 bits per heavy atom. The Bertz CT molecular complexity index is 1010. The number of rotatable bonds is 6. The van der Waals surface area contributed by atoms with Crippen molar-refractivity contribution in [3.8, 4) is 22.7 Å². The summed E-state index contributed by atoms with van der Waals surface area (Å²) in [6.45, 7) is 15.1. The van der Waals surface area contributed by atoms with Crippen LogP contribution in [0.25, 0.3) is 11.3 Å². The predicted molar refractivity (Wildman–Crippen MR) is 131 cm³/mol. The molecule has 0 saturated carbocycles. The van der Waals surface area contributed by atoms with Crippen LogP contribution in [0.15, 0.2) is 30.5 Å². The van der Waals surface area contributed by atoms with Crippen LogP contribution in [0.1, 0.15) is 52.7 Å². The molecule has 0 N–H and O–H groups in total. The summed E-state index contributed by atoms with van der Waals surface area (Å²) in [6, 6.07) is 5.94. The van der Waals surface area contributed by atoms with Gasteiger partial charge in [-0.3, -0.25) is 4.68 Å². The van der Waals surface area contributed by atoms with Crippen LogP contribution < -0.4 is 0 Å². The maximum atomic E-state index is 14.0. The number of hydrogen-bond donors (Lipinski definition) is 0. The second-order valence-electron chi connectivity index (χ2n) is 9.90. The fourth-order valence-corrected chi connectivity index (χ4v) is 10.4. The molecule has 1 saturated heterocycles. The van der Waals surface area contributed by atoms with E-state index in [1.165, 1.54) is 12.1 Å². The Morgan fingerprint density at radius 1 is 1.06 bits per heavy atom. The van der Waals surface area contributed by atoms with Gasteiger partial charge in [0.25, 0.3) is 0 Å². The Hall–Kier alpha value is -2.08. The molecule has 0 aliphatic carbocycles. The number of ether oxygens (including phenoxy) is 2. The first-order valence-corrected chi connectivity index (χ1v) is 14.2. The third kappa shape index (κ3) is 5.76. The van der Waals surface area contributed by atoms with E-state index in [4.69, 9.17) is 9.47 Å². The van der Waals surface area contributed by atoms with Crippen molar-refractivity contribution in [3.63, 3.8) is 0 Å². The van der Waals surface area contributed by atoms with E-state index in [0.29, 0.717) is 48.6 Å². The van der Waals surface area contributed by atoms with Gasteiger partial charge in [0.2, 0.25) is 0 Å². The minimum Gasteiger partial charge on any atom is -0.376 e. The van der Waals surface area contributed by atoms with Crippen LogP contribution in [-0.4, -0.2) is 43.8 Å². The molecule has 0 unspecified atom stereocenters. The minimum atomic E-state index is -4.51. The molecule has 0 bridgehead atoms. The summed E-state index contributed by atoms with van der Waals surface area (Å²) in [4.78, 5) is 0. The lowest BCUT2D eigenvalue weighted by molar-refractivity contribution is -0.137. The quantitative estimate of drug-likeness (QED) is 0.339. The molecule has 1 atom stereocenters. The first-order chi connectivity index (χ1) is 15.9. The van der Waals surface area contributed by atoms with Gasteiger partial charge in [0, 0.05) is 17.3 Å². The fraction of sp³-hybridized carbons (Fsp3) is 0.577. The number of alkyl halides is 3. The van der Waals surface area contributed by atoms with E-state index in [-0.39, 0.29) is 17.4 Å². The van der Waals surface area contributed by atoms with Gasteiger partial charge in [0.05, 0.1) is 37.6 Å². The molecule has 0 amide bonds. The second kappa shape index (κ2) is 10.7. The standard InChI is InChI=1S/C26H35F3N2O2Si/c1-18(2)34(19(3)4,20(5)6)14-10-21-7-8-23(24(15-21)26(27,28)29)25-9-11-31(30-25)16-22-17-32-12-13-33-22/h7-9,11,15,18-20,22H,12-13,16-17H2,1-6H3/t22-/m0/s1. The SMILES string of the molecule is CC(C)[Si](C#Cc1ccc(-c2ccn(C[C@H]3COCCO3)n2)c(C(F)(F)F)c1)(C(C)C)C(C)C. The van der Waals surface area contributed by atoms with Gasteiger partial charge in [-0.25, -0.2) is 0 Å². The summed E-state index contributed by atoms with van der Waals surface area (Å²) in [5.74, 6) is 3.14. The zero-order valence-electron chi connectivity index (χ0n) is 20.9. The summed E-state index contributed by atoms with van der Waals surface area (Å²) in [7, 11) is -2.05. The maximum Gasteiger partial charge on any atom is 0.417 e.